The van der Waals surface area contributed by atoms with Crippen LogP contribution in [0.4, 0.5) is 0 Å². The molecule has 0 aliphatic carbocycles. The van der Waals surface area contributed by atoms with Crippen molar-refractivity contribution in [1.82, 2.24) is 19.9 Å². The Balaban J connectivity index is 1.67. The van der Waals surface area contributed by atoms with E-state index in [2.05, 4.69) is 19.9 Å². The van der Waals surface area contributed by atoms with Crippen LogP contribution in [0.25, 0.3) is 0 Å². The van der Waals surface area contributed by atoms with Gasteiger partial charge in [-0.25, -0.2) is 4.98 Å². The Labute approximate surface area is 96.5 Å². The van der Waals surface area contributed by atoms with Gasteiger partial charge in [-0.15, -0.1) is 16.4 Å². The van der Waals surface area contributed by atoms with E-state index in [0.717, 1.165) is 30.2 Å². The van der Waals surface area contributed by atoms with E-state index >= 15 is 0 Å². The molecule has 0 saturated carbocycles. The number of aryl methyl sites for hydroxylation is 1. The average Bonchev–Trinajstić information content (AvgIpc) is 2.84. The molecule has 0 unspecified atom stereocenters. The van der Waals surface area contributed by atoms with Crippen LogP contribution < -0.4 is 5.32 Å². The second-order valence-electron chi connectivity index (χ2n) is 3.17. The van der Waals surface area contributed by atoms with E-state index in [0.29, 0.717) is 0 Å². The number of hydrogen-bond acceptors (Lipinski definition) is 6. The molecule has 80 valence electrons. The number of aromatic nitrogens is 3. The van der Waals surface area contributed by atoms with Crippen LogP contribution in [0.15, 0.2) is 11.6 Å². The van der Waals surface area contributed by atoms with E-state index in [1.807, 2.05) is 18.5 Å². The van der Waals surface area contributed by atoms with Gasteiger partial charge in [0.1, 0.15) is 0 Å². The fraction of sp³-hybridized carbons (Fsp3) is 0.444. The molecule has 2 aromatic heterocycles. The molecule has 2 heterocycles. The van der Waals surface area contributed by atoms with Gasteiger partial charge in [0.05, 0.1) is 10.7 Å². The van der Waals surface area contributed by atoms with E-state index < -0.39 is 0 Å². The van der Waals surface area contributed by atoms with Gasteiger partial charge in [-0.2, -0.15) is 0 Å². The third-order valence-electron chi connectivity index (χ3n) is 1.93. The van der Waals surface area contributed by atoms with Gasteiger partial charge >= 0.3 is 0 Å². The van der Waals surface area contributed by atoms with Gasteiger partial charge in [0.2, 0.25) is 0 Å². The lowest BCUT2D eigenvalue weighted by Crippen LogP contribution is -2.16. The molecule has 2 aromatic rings. The fourth-order valence-corrected chi connectivity index (χ4v) is 2.46. The second-order valence-corrected chi connectivity index (χ2v) is 5.10. The number of nitrogens with zero attached hydrogens (tertiary/aromatic N) is 3. The van der Waals surface area contributed by atoms with E-state index in [1.54, 1.807) is 11.3 Å². The SMILES string of the molecule is Cc1ncc(CCNCc2csnn2)s1. The summed E-state index contributed by atoms with van der Waals surface area (Å²) in [7, 11) is 0. The predicted octanol–water partition coefficient (Wildman–Crippen LogP) is 1.64. The molecular formula is C9H12N4S2. The normalized spacial score (nSPS) is 10.7. The first-order chi connectivity index (χ1) is 7.34. The summed E-state index contributed by atoms with van der Waals surface area (Å²) >= 11 is 3.15. The Bertz CT molecular complexity index is 396. The van der Waals surface area contributed by atoms with E-state index in [-0.39, 0.29) is 0 Å². The molecule has 1 N–H and O–H groups in total. The lowest BCUT2D eigenvalue weighted by atomic mass is 10.3. The van der Waals surface area contributed by atoms with Crippen molar-refractivity contribution >= 4 is 22.9 Å². The lowest BCUT2D eigenvalue weighted by Gasteiger charge is -1.99. The zero-order chi connectivity index (χ0) is 10.5. The quantitative estimate of drug-likeness (QED) is 0.807. The van der Waals surface area contributed by atoms with Gasteiger partial charge < -0.3 is 5.32 Å². The Kier molecular flexibility index (Phi) is 3.76. The first-order valence-electron chi connectivity index (χ1n) is 4.72. The highest BCUT2D eigenvalue weighted by molar-refractivity contribution is 7.11. The minimum Gasteiger partial charge on any atom is -0.311 e. The van der Waals surface area contributed by atoms with Crippen molar-refractivity contribution in [1.29, 1.82) is 0 Å². The summed E-state index contributed by atoms with van der Waals surface area (Å²) in [4.78, 5) is 5.55. The summed E-state index contributed by atoms with van der Waals surface area (Å²) in [5, 5.41) is 10.4. The summed E-state index contributed by atoms with van der Waals surface area (Å²) in [6, 6.07) is 0. The number of thiazole rings is 1. The Morgan fingerprint density at radius 3 is 3.07 bits per heavy atom. The minimum absolute atomic E-state index is 0.800. The summed E-state index contributed by atoms with van der Waals surface area (Å²) in [5.74, 6) is 0. The molecule has 0 bridgehead atoms. The van der Waals surface area contributed by atoms with Crippen LogP contribution in [-0.2, 0) is 13.0 Å². The highest BCUT2D eigenvalue weighted by Crippen LogP contribution is 2.11. The molecule has 0 saturated heterocycles. The van der Waals surface area contributed by atoms with Crippen LogP contribution in [0.5, 0.6) is 0 Å². The third-order valence-corrected chi connectivity index (χ3v) is 3.45. The zero-order valence-electron chi connectivity index (χ0n) is 8.43. The number of rotatable bonds is 5. The summed E-state index contributed by atoms with van der Waals surface area (Å²) in [5.41, 5.74) is 1.01. The van der Waals surface area contributed by atoms with Crippen molar-refractivity contribution in [3.63, 3.8) is 0 Å². The molecule has 0 aliphatic heterocycles. The van der Waals surface area contributed by atoms with Gasteiger partial charge in [0, 0.05) is 29.5 Å². The molecule has 0 atom stereocenters. The van der Waals surface area contributed by atoms with Crippen molar-refractivity contribution in [2.75, 3.05) is 6.54 Å². The number of nitrogens with one attached hydrogen (secondary N) is 1. The van der Waals surface area contributed by atoms with Crippen molar-refractivity contribution < 1.29 is 0 Å². The van der Waals surface area contributed by atoms with E-state index in [1.165, 1.54) is 16.4 Å². The summed E-state index contributed by atoms with van der Waals surface area (Å²) in [6.07, 6.45) is 2.98. The van der Waals surface area contributed by atoms with Gasteiger partial charge in [-0.05, 0) is 24.9 Å². The Morgan fingerprint density at radius 2 is 2.40 bits per heavy atom. The number of hydrogen-bond donors (Lipinski definition) is 1. The molecule has 0 fully saturated rings. The molecule has 0 spiro atoms. The lowest BCUT2D eigenvalue weighted by molar-refractivity contribution is 0.676. The second kappa shape index (κ2) is 5.29. The standard InChI is InChI=1S/C9H12N4S2/c1-7-11-5-9(15-7)2-3-10-4-8-6-14-13-12-8/h5-6,10H,2-4H2,1H3. The maximum atomic E-state index is 4.22. The molecule has 0 aromatic carbocycles. The van der Waals surface area contributed by atoms with Gasteiger partial charge in [-0.1, -0.05) is 4.49 Å². The Morgan fingerprint density at radius 1 is 1.47 bits per heavy atom. The van der Waals surface area contributed by atoms with Crippen LogP contribution >= 0.6 is 22.9 Å². The van der Waals surface area contributed by atoms with Gasteiger partial charge in [0.15, 0.2) is 0 Å². The molecule has 0 radical (unpaired) electrons. The third kappa shape index (κ3) is 3.33. The monoisotopic (exact) mass is 240 g/mol. The smallest absolute Gasteiger partial charge is 0.0896 e. The predicted molar refractivity (Wildman–Crippen MR) is 62.2 cm³/mol. The minimum atomic E-state index is 0.800. The Hall–Kier alpha value is -0.850. The largest absolute Gasteiger partial charge is 0.311 e. The summed E-state index contributed by atoms with van der Waals surface area (Å²) in [6.45, 7) is 3.79. The molecule has 15 heavy (non-hydrogen) atoms. The highest BCUT2D eigenvalue weighted by Gasteiger charge is 1.98. The fourth-order valence-electron chi connectivity index (χ4n) is 1.21. The first kappa shape index (κ1) is 10.7. The van der Waals surface area contributed by atoms with Crippen molar-refractivity contribution in [3.05, 3.63) is 27.2 Å². The van der Waals surface area contributed by atoms with Crippen molar-refractivity contribution in [2.45, 2.75) is 19.9 Å². The van der Waals surface area contributed by atoms with E-state index in [9.17, 15) is 0 Å². The topological polar surface area (TPSA) is 50.7 Å². The molecule has 0 aliphatic rings. The van der Waals surface area contributed by atoms with Crippen LogP contribution in [-0.4, -0.2) is 21.1 Å². The summed E-state index contributed by atoms with van der Waals surface area (Å²) < 4.78 is 3.81. The molecular weight excluding hydrogens is 228 g/mol. The van der Waals surface area contributed by atoms with E-state index in [4.69, 9.17) is 0 Å². The molecule has 6 heteroatoms. The molecule has 4 nitrogen and oxygen atoms in total. The van der Waals surface area contributed by atoms with Crippen LogP contribution in [0.1, 0.15) is 15.6 Å². The zero-order valence-corrected chi connectivity index (χ0v) is 10.1. The first-order valence-corrected chi connectivity index (χ1v) is 6.38. The van der Waals surface area contributed by atoms with Gasteiger partial charge in [-0.3, -0.25) is 0 Å². The van der Waals surface area contributed by atoms with Crippen molar-refractivity contribution in [3.8, 4) is 0 Å². The molecule has 0 amide bonds. The van der Waals surface area contributed by atoms with Crippen LogP contribution in [0, 0.1) is 6.92 Å². The van der Waals surface area contributed by atoms with Crippen molar-refractivity contribution in [2.24, 2.45) is 0 Å². The maximum Gasteiger partial charge on any atom is 0.0896 e. The average molecular weight is 240 g/mol. The van der Waals surface area contributed by atoms with Gasteiger partial charge in [0.25, 0.3) is 0 Å². The maximum absolute atomic E-state index is 4.22. The van der Waals surface area contributed by atoms with Crippen LogP contribution in [0.3, 0.4) is 0 Å². The molecule has 2 rings (SSSR count). The van der Waals surface area contributed by atoms with Crippen LogP contribution in [0.2, 0.25) is 0 Å². The highest BCUT2D eigenvalue weighted by atomic mass is 32.1.